The van der Waals surface area contributed by atoms with E-state index in [4.69, 9.17) is 10.9 Å². The van der Waals surface area contributed by atoms with Crippen LogP contribution in [0.25, 0.3) is 0 Å². The monoisotopic (exact) mass is 345 g/mol. The van der Waals surface area contributed by atoms with Gasteiger partial charge in [-0.15, -0.1) is 11.3 Å². The van der Waals surface area contributed by atoms with Crippen molar-refractivity contribution < 1.29 is 10.0 Å². The molecular weight excluding hydrogens is 330 g/mol. The molecule has 0 unspecified atom stereocenters. The van der Waals surface area contributed by atoms with Gasteiger partial charge >= 0.3 is 0 Å². The Balaban J connectivity index is 2.04. The van der Waals surface area contributed by atoms with E-state index in [1.807, 2.05) is 11.4 Å². The van der Waals surface area contributed by atoms with Crippen molar-refractivity contribution in [3.8, 4) is 0 Å². The van der Waals surface area contributed by atoms with Crippen LogP contribution >= 0.6 is 27.3 Å². The van der Waals surface area contributed by atoms with Crippen molar-refractivity contribution in [2.45, 2.75) is 32.2 Å². The van der Waals surface area contributed by atoms with Gasteiger partial charge in [-0.2, -0.15) is 0 Å². The number of carbonyl (C=O) groups excluding carboxylic acids is 1. The molecule has 0 bridgehead atoms. The number of thiophene rings is 1. The maximum Gasteiger partial charge on any atom is 0.234 e. The Morgan fingerprint density at radius 1 is 1.58 bits per heavy atom. The first kappa shape index (κ1) is 14.3. The predicted octanol–water partition coefficient (Wildman–Crippen LogP) is 2.43. The number of hydrogen-bond donors (Lipinski definition) is 3. The van der Waals surface area contributed by atoms with E-state index >= 15 is 0 Å². The average Bonchev–Trinajstić information content (AvgIpc) is 3.04. The number of oxime groups is 1. The average molecular weight is 346 g/mol. The first-order chi connectivity index (χ1) is 9.08. The molecule has 0 saturated heterocycles. The highest BCUT2D eigenvalue weighted by Crippen LogP contribution is 2.38. The maximum atomic E-state index is 12.4. The topological polar surface area (TPSA) is 87.7 Å². The fourth-order valence-electron chi connectivity index (χ4n) is 2.46. The van der Waals surface area contributed by atoms with Crippen molar-refractivity contribution in [2.75, 3.05) is 0 Å². The molecule has 5 nitrogen and oxygen atoms in total. The second kappa shape index (κ2) is 5.92. The number of nitrogens with one attached hydrogen (secondary N) is 1. The van der Waals surface area contributed by atoms with E-state index in [0.717, 1.165) is 22.2 Å². The second-order valence-corrected chi connectivity index (χ2v) is 6.60. The van der Waals surface area contributed by atoms with Crippen LogP contribution in [0.4, 0.5) is 0 Å². The van der Waals surface area contributed by atoms with Gasteiger partial charge in [-0.25, -0.2) is 0 Å². The van der Waals surface area contributed by atoms with Crippen molar-refractivity contribution in [2.24, 2.45) is 16.3 Å². The van der Waals surface area contributed by atoms with Crippen molar-refractivity contribution in [1.82, 2.24) is 5.32 Å². The number of amidine groups is 1. The molecule has 4 N–H and O–H groups in total. The highest BCUT2D eigenvalue weighted by Gasteiger charge is 2.45. The van der Waals surface area contributed by atoms with E-state index in [9.17, 15) is 4.79 Å². The number of hydrogen-bond acceptors (Lipinski definition) is 4. The number of nitrogens with zero attached hydrogens (tertiary/aromatic N) is 1. The largest absolute Gasteiger partial charge is 0.409 e. The van der Waals surface area contributed by atoms with E-state index in [1.54, 1.807) is 11.3 Å². The molecule has 1 aliphatic carbocycles. The number of nitrogens with two attached hydrogens (primary N) is 1. The number of amides is 1. The summed E-state index contributed by atoms with van der Waals surface area (Å²) >= 11 is 4.95. The summed E-state index contributed by atoms with van der Waals surface area (Å²) in [6.07, 6.45) is 3.13. The lowest BCUT2D eigenvalue weighted by atomic mass is 9.84. The Hall–Kier alpha value is -1.08. The van der Waals surface area contributed by atoms with Gasteiger partial charge in [0.1, 0.15) is 5.41 Å². The molecule has 1 aromatic rings. The maximum absolute atomic E-state index is 12.4. The van der Waals surface area contributed by atoms with E-state index in [0.29, 0.717) is 19.4 Å². The zero-order valence-corrected chi connectivity index (χ0v) is 12.8. The molecule has 1 aliphatic rings. The van der Waals surface area contributed by atoms with E-state index in [2.05, 4.69) is 26.4 Å². The third-order valence-corrected chi connectivity index (χ3v) is 5.23. The molecular formula is C12H16BrN3O2S. The van der Waals surface area contributed by atoms with Gasteiger partial charge in [0.05, 0.1) is 6.54 Å². The van der Waals surface area contributed by atoms with Crippen LogP contribution in [0, 0.1) is 5.41 Å². The van der Waals surface area contributed by atoms with Crippen LogP contribution in [0.5, 0.6) is 0 Å². The number of rotatable bonds is 4. The zero-order valence-electron chi connectivity index (χ0n) is 10.4. The van der Waals surface area contributed by atoms with E-state index in [1.165, 1.54) is 0 Å². The van der Waals surface area contributed by atoms with Crippen LogP contribution in [-0.2, 0) is 11.3 Å². The molecule has 1 aromatic heterocycles. The molecule has 1 saturated carbocycles. The summed E-state index contributed by atoms with van der Waals surface area (Å²) in [5.74, 6) is -0.125. The number of carbonyl (C=O) groups is 1. The highest BCUT2D eigenvalue weighted by atomic mass is 79.9. The Morgan fingerprint density at radius 3 is 2.79 bits per heavy atom. The summed E-state index contributed by atoms with van der Waals surface area (Å²) in [5, 5.41) is 16.8. The van der Waals surface area contributed by atoms with Crippen LogP contribution in [-0.4, -0.2) is 17.0 Å². The number of halogens is 1. The zero-order chi connectivity index (χ0) is 13.9. The van der Waals surface area contributed by atoms with Gasteiger partial charge in [-0.1, -0.05) is 18.0 Å². The Kier molecular flexibility index (Phi) is 4.46. The van der Waals surface area contributed by atoms with E-state index in [-0.39, 0.29) is 11.7 Å². The summed E-state index contributed by atoms with van der Waals surface area (Å²) in [6.45, 7) is 0.468. The van der Waals surface area contributed by atoms with Gasteiger partial charge in [-0.05, 0) is 34.8 Å². The summed E-state index contributed by atoms with van der Waals surface area (Å²) in [6, 6.07) is 1.97. The molecule has 1 heterocycles. The highest BCUT2D eigenvalue weighted by molar-refractivity contribution is 9.10. The summed E-state index contributed by atoms with van der Waals surface area (Å²) in [4.78, 5) is 13.4. The Morgan fingerprint density at radius 2 is 2.26 bits per heavy atom. The van der Waals surface area contributed by atoms with Crippen LogP contribution in [0.3, 0.4) is 0 Å². The van der Waals surface area contributed by atoms with Crippen molar-refractivity contribution in [1.29, 1.82) is 0 Å². The van der Waals surface area contributed by atoms with Crippen molar-refractivity contribution in [3.63, 3.8) is 0 Å². The lowest BCUT2D eigenvalue weighted by molar-refractivity contribution is -0.127. The van der Waals surface area contributed by atoms with Gasteiger partial charge in [0.2, 0.25) is 5.91 Å². The minimum Gasteiger partial charge on any atom is -0.409 e. The molecule has 7 heteroatoms. The fraction of sp³-hybridized carbons (Fsp3) is 0.500. The predicted molar refractivity (Wildman–Crippen MR) is 78.2 cm³/mol. The van der Waals surface area contributed by atoms with Gasteiger partial charge in [0.15, 0.2) is 5.84 Å². The van der Waals surface area contributed by atoms with Crippen LogP contribution in [0.2, 0.25) is 0 Å². The lowest BCUT2D eigenvalue weighted by Crippen LogP contribution is -2.47. The summed E-state index contributed by atoms with van der Waals surface area (Å²) in [7, 11) is 0. The minimum absolute atomic E-state index is 0.0230. The fourth-order valence-corrected chi connectivity index (χ4v) is 3.85. The first-order valence-corrected chi connectivity index (χ1v) is 7.75. The second-order valence-electron chi connectivity index (χ2n) is 4.69. The van der Waals surface area contributed by atoms with Crippen LogP contribution < -0.4 is 11.1 Å². The SMILES string of the molecule is NC(=NO)C1(C(=O)NCc2cc(Br)cs2)CCCC1. The molecule has 1 amide bonds. The van der Waals surface area contributed by atoms with Gasteiger partial charge in [0, 0.05) is 14.7 Å². The lowest BCUT2D eigenvalue weighted by Gasteiger charge is -2.25. The summed E-state index contributed by atoms with van der Waals surface area (Å²) < 4.78 is 1.01. The first-order valence-electron chi connectivity index (χ1n) is 6.08. The van der Waals surface area contributed by atoms with E-state index < -0.39 is 5.41 Å². The summed E-state index contributed by atoms with van der Waals surface area (Å²) in [5.41, 5.74) is 4.89. The van der Waals surface area contributed by atoms with Crippen LogP contribution in [0.1, 0.15) is 30.6 Å². The minimum atomic E-state index is -0.830. The Bertz CT molecular complexity index is 495. The third kappa shape index (κ3) is 2.92. The van der Waals surface area contributed by atoms with Crippen molar-refractivity contribution >= 4 is 39.0 Å². The smallest absolute Gasteiger partial charge is 0.234 e. The molecule has 0 spiro atoms. The molecule has 104 valence electrons. The quantitative estimate of drug-likeness (QED) is 0.339. The molecule has 1 fully saturated rings. The van der Waals surface area contributed by atoms with Gasteiger partial charge in [0.25, 0.3) is 0 Å². The molecule has 2 rings (SSSR count). The van der Waals surface area contributed by atoms with Gasteiger partial charge in [-0.3, -0.25) is 4.79 Å². The molecule has 0 aliphatic heterocycles. The molecule has 19 heavy (non-hydrogen) atoms. The van der Waals surface area contributed by atoms with Gasteiger partial charge < -0.3 is 16.3 Å². The molecule has 0 atom stereocenters. The third-order valence-electron chi connectivity index (χ3n) is 3.53. The van der Waals surface area contributed by atoms with Crippen molar-refractivity contribution in [3.05, 3.63) is 20.8 Å². The molecule has 0 radical (unpaired) electrons. The molecule has 0 aromatic carbocycles. The normalized spacial score (nSPS) is 18.5. The Labute approximate surface area is 124 Å². The standard InChI is InChI=1S/C12H16BrN3O2S/c13-8-5-9(19-7-8)6-15-11(17)12(10(14)16-18)3-1-2-4-12/h5,7,18H,1-4,6H2,(H2,14,16)(H,15,17). The van der Waals surface area contributed by atoms with Crippen LogP contribution in [0.15, 0.2) is 21.1 Å².